The number of hydrogen-bond donors (Lipinski definition) is 0. The van der Waals surface area contributed by atoms with E-state index in [2.05, 4.69) is 0 Å². The van der Waals surface area contributed by atoms with E-state index in [1.54, 1.807) is 0 Å². The van der Waals surface area contributed by atoms with E-state index in [-0.39, 0.29) is 5.78 Å². The summed E-state index contributed by atoms with van der Waals surface area (Å²) in [5, 5.41) is 0. The van der Waals surface area contributed by atoms with Crippen molar-refractivity contribution in [2.45, 2.75) is 13.8 Å². The third-order valence-corrected chi connectivity index (χ3v) is 2.53. The summed E-state index contributed by atoms with van der Waals surface area (Å²) in [4.78, 5) is 13.9. The van der Waals surface area contributed by atoms with Crippen molar-refractivity contribution >= 4 is 11.5 Å². The van der Waals surface area contributed by atoms with Crippen LogP contribution < -0.4 is 4.90 Å². The molecule has 0 atom stereocenters. The lowest BCUT2D eigenvalue weighted by atomic mass is 10.1. The second-order valence-corrected chi connectivity index (χ2v) is 3.75. The lowest BCUT2D eigenvalue weighted by Gasteiger charge is -2.14. The zero-order chi connectivity index (χ0) is 10.3. The van der Waals surface area contributed by atoms with Gasteiger partial charge in [0.25, 0.3) is 0 Å². The van der Waals surface area contributed by atoms with Crippen LogP contribution in [0.3, 0.4) is 0 Å². The topological polar surface area (TPSA) is 20.3 Å². The number of ketones is 1. The second-order valence-electron chi connectivity index (χ2n) is 3.75. The fourth-order valence-corrected chi connectivity index (χ4v) is 1.92. The highest BCUT2D eigenvalue weighted by atomic mass is 16.1. The Bertz CT molecular complexity index is 428. The van der Waals surface area contributed by atoms with E-state index in [1.807, 2.05) is 50.1 Å². The van der Waals surface area contributed by atoms with Crippen LogP contribution in [-0.2, 0) is 0 Å². The molecular weight excluding hydrogens is 174 g/mol. The molecule has 1 aliphatic heterocycles. The van der Waals surface area contributed by atoms with E-state index in [9.17, 15) is 4.79 Å². The lowest BCUT2D eigenvalue weighted by Crippen LogP contribution is -2.15. The summed E-state index contributed by atoms with van der Waals surface area (Å²) in [5.41, 5.74) is 3.69. The summed E-state index contributed by atoms with van der Waals surface area (Å²) in [7, 11) is 1.94. The number of likely N-dealkylation sites (N-methyl/N-ethyl adjacent to an activating group) is 1. The van der Waals surface area contributed by atoms with Gasteiger partial charge in [0.1, 0.15) is 0 Å². The fourth-order valence-electron chi connectivity index (χ4n) is 1.92. The summed E-state index contributed by atoms with van der Waals surface area (Å²) in [5.74, 6) is 0.142. The number of hydrogen-bond acceptors (Lipinski definition) is 2. The molecule has 0 aromatic heterocycles. The van der Waals surface area contributed by atoms with Gasteiger partial charge in [0.15, 0.2) is 0 Å². The Balaban J connectivity index is 2.66. The van der Waals surface area contributed by atoms with Gasteiger partial charge in [-0.2, -0.15) is 0 Å². The molecule has 2 heteroatoms. The molecule has 0 bridgehead atoms. The van der Waals surface area contributed by atoms with Gasteiger partial charge in [-0.25, -0.2) is 0 Å². The summed E-state index contributed by atoms with van der Waals surface area (Å²) in [6.07, 6.45) is 0. The minimum Gasteiger partial charge on any atom is -0.341 e. The number of benzene rings is 1. The molecule has 1 aromatic rings. The summed E-state index contributed by atoms with van der Waals surface area (Å²) in [6.45, 7) is 3.94. The molecule has 0 unspecified atom stereocenters. The lowest BCUT2D eigenvalue weighted by molar-refractivity contribution is 0.103. The van der Waals surface area contributed by atoms with Crippen molar-refractivity contribution in [1.29, 1.82) is 0 Å². The standard InChI is InChI=1S/C12H13NO/c1-8(2)11-12(14)9-6-4-5-7-10(9)13(11)3/h4-7H,1-3H3. The zero-order valence-electron chi connectivity index (χ0n) is 8.66. The van der Waals surface area contributed by atoms with Gasteiger partial charge in [-0.1, -0.05) is 12.1 Å². The normalized spacial score (nSPS) is 14.6. The van der Waals surface area contributed by atoms with Crippen LogP contribution in [0.4, 0.5) is 5.69 Å². The van der Waals surface area contributed by atoms with Crippen molar-refractivity contribution in [2.75, 3.05) is 11.9 Å². The molecule has 14 heavy (non-hydrogen) atoms. The van der Waals surface area contributed by atoms with Crippen LogP contribution in [0.2, 0.25) is 0 Å². The van der Waals surface area contributed by atoms with Crippen LogP contribution in [-0.4, -0.2) is 12.8 Å². The maximum absolute atomic E-state index is 11.9. The number of allylic oxidation sites excluding steroid dienone is 2. The van der Waals surface area contributed by atoms with Crippen molar-refractivity contribution in [2.24, 2.45) is 0 Å². The average Bonchev–Trinajstić information content (AvgIpc) is 2.41. The van der Waals surface area contributed by atoms with Crippen LogP contribution in [0.15, 0.2) is 35.5 Å². The first kappa shape index (κ1) is 9.00. The van der Waals surface area contributed by atoms with Crippen molar-refractivity contribution in [3.8, 4) is 0 Å². The summed E-state index contributed by atoms with van der Waals surface area (Å²) < 4.78 is 0. The van der Waals surface area contributed by atoms with E-state index in [0.717, 1.165) is 22.5 Å². The molecule has 2 rings (SSSR count). The van der Waals surface area contributed by atoms with Gasteiger partial charge >= 0.3 is 0 Å². The number of anilines is 1. The van der Waals surface area contributed by atoms with Crippen molar-refractivity contribution in [3.63, 3.8) is 0 Å². The van der Waals surface area contributed by atoms with Gasteiger partial charge in [0, 0.05) is 12.6 Å². The van der Waals surface area contributed by atoms with Crippen LogP contribution in [0.1, 0.15) is 24.2 Å². The minimum absolute atomic E-state index is 0.142. The Kier molecular flexibility index (Phi) is 1.92. The molecule has 1 aromatic carbocycles. The third kappa shape index (κ3) is 1.07. The molecule has 0 N–H and O–H groups in total. The Morgan fingerprint density at radius 2 is 1.86 bits per heavy atom. The van der Waals surface area contributed by atoms with Crippen molar-refractivity contribution in [3.05, 3.63) is 41.1 Å². The molecule has 1 heterocycles. The predicted molar refractivity (Wildman–Crippen MR) is 57.5 cm³/mol. The van der Waals surface area contributed by atoms with Gasteiger partial charge in [0.05, 0.1) is 11.4 Å². The summed E-state index contributed by atoms with van der Waals surface area (Å²) in [6, 6.07) is 7.71. The number of fused-ring (bicyclic) bond motifs is 1. The first-order chi connectivity index (χ1) is 6.63. The fraction of sp³-hybridized carbons (Fsp3) is 0.250. The number of carbonyl (C=O) groups is 1. The van der Waals surface area contributed by atoms with Gasteiger partial charge in [-0.3, -0.25) is 4.79 Å². The zero-order valence-corrected chi connectivity index (χ0v) is 8.66. The van der Waals surface area contributed by atoms with E-state index < -0.39 is 0 Å². The van der Waals surface area contributed by atoms with Crippen molar-refractivity contribution in [1.82, 2.24) is 0 Å². The monoisotopic (exact) mass is 187 g/mol. The second kappa shape index (κ2) is 2.98. The Hall–Kier alpha value is -1.57. The molecule has 0 fully saturated rings. The molecular formula is C12H13NO. The molecule has 0 aliphatic carbocycles. The molecule has 0 saturated heterocycles. The molecule has 0 saturated carbocycles. The quantitative estimate of drug-likeness (QED) is 0.582. The highest BCUT2D eigenvalue weighted by molar-refractivity contribution is 6.19. The number of Topliss-reactive ketones (excluding diaryl/α,β-unsaturated/α-hetero) is 1. The van der Waals surface area contributed by atoms with Gasteiger partial charge in [-0.15, -0.1) is 0 Å². The molecule has 0 spiro atoms. The first-order valence-electron chi connectivity index (χ1n) is 4.68. The molecule has 2 nitrogen and oxygen atoms in total. The maximum atomic E-state index is 11.9. The number of nitrogens with zero attached hydrogens (tertiary/aromatic N) is 1. The van der Waals surface area contributed by atoms with E-state index >= 15 is 0 Å². The van der Waals surface area contributed by atoms with Gasteiger partial charge < -0.3 is 4.90 Å². The number of rotatable bonds is 0. The number of para-hydroxylation sites is 1. The molecule has 0 amide bonds. The largest absolute Gasteiger partial charge is 0.341 e. The minimum atomic E-state index is 0.142. The van der Waals surface area contributed by atoms with E-state index in [1.165, 1.54) is 0 Å². The Morgan fingerprint density at radius 3 is 2.43 bits per heavy atom. The molecule has 0 radical (unpaired) electrons. The summed E-state index contributed by atoms with van der Waals surface area (Å²) >= 11 is 0. The van der Waals surface area contributed by atoms with Gasteiger partial charge in [-0.05, 0) is 31.6 Å². The SMILES string of the molecule is CC(C)=C1C(=O)c2ccccc2N1C. The first-order valence-corrected chi connectivity index (χ1v) is 4.68. The highest BCUT2D eigenvalue weighted by Crippen LogP contribution is 2.33. The molecule has 1 aliphatic rings. The van der Waals surface area contributed by atoms with Crippen LogP contribution in [0.25, 0.3) is 0 Å². The smallest absolute Gasteiger partial charge is 0.211 e. The van der Waals surface area contributed by atoms with Crippen LogP contribution >= 0.6 is 0 Å². The van der Waals surface area contributed by atoms with E-state index in [4.69, 9.17) is 0 Å². The Labute approximate surface area is 83.8 Å². The van der Waals surface area contributed by atoms with Crippen molar-refractivity contribution < 1.29 is 4.79 Å². The van der Waals surface area contributed by atoms with Crippen LogP contribution in [0.5, 0.6) is 0 Å². The highest BCUT2D eigenvalue weighted by Gasteiger charge is 2.29. The van der Waals surface area contributed by atoms with Crippen LogP contribution in [0, 0.1) is 0 Å². The average molecular weight is 187 g/mol. The third-order valence-electron chi connectivity index (χ3n) is 2.53. The predicted octanol–water partition coefficient (Wildman–Crippen LogP) is 2.61. The Morgan fingerprint density at radius 1 is 1.21 bits per heavy atom. The maximum Gasteiger partial charge on any atom is 0.211 e. The van der Waals surface area contributed by atoms with E-state index in [0.29, 0.717) is 0 Å². The van der Waals surface area contributed by atoms with Gasteiger partial charge in [0.2, 0.25) is 5.78 Å². The molecule has 72 valence electrons. The number of carbonyl (C=O) groups excluding carboxylic acids is 1.